The van der Waals surface area contributed by atoms with Crippen molar-refractivity contribution in [2.45, 2.75) is 46.0 Å². The third-order valence-electron chi connectivity index (χ3n) is 1.72. The van der Waals surface area contributed by atoms with Crippen LogP contribution in [0.15, 0.2) is 25.7 Å². The average molecular weight is 214 g/mol. The fraction of sp³-hybridized carbons (Fsp3) is 0.692. The fourth-order valence-corrected chi connectivity index (χ4v) is 0.830. The summed E-state index contributed by atoms with van der Waals surface area (Å²) in [7, 11) is 0. The first-order chi connectivity index (χ1) is 7.33. The Morgan fingerprint density at radius 2 is 1.27 bits per heavy atom. The molecule has 0 unspecified atom stereocenters. The van der Waals surface area contributed by atoms with E-state index < -0.39 is 0 Å². The van der Waals surface area contributed by atoms with Gasteiger partial charge in [0.25, 0.3) is 0 Å². The molecule has 0 amide bonds. The summed E-state index contributed by atoms with van der Waals surface area (Å²) < 4.78 is 9.74. The highest BCUT2D eigenvalue weighted by atomic mass is 16.5. The molecule has 2 nitrogen and oxygen atoms in total. The highest BCUT2D eigenvalue weighted by Gasteiger charge is 1.81. The summed E-state index contributed by atoms with van der Waals surface area (Å²) >= 11 is 0. The molecule has 15 heavy (non-hydrogen) atoms. The van der Waals surface area contributed by atoms with Gasteiger partial charge in [-0.25, -0.2) is 0 Å². The van der Waals surface area contributed by atoms with Crippen LogP contribution in [0.4, 0.5) is 0 Å². The molecule has 0 aromatic rings. The lowest BCUT2D eigenvalue weighted by Crippen LogP contribution is -1.84. The van der Waals surface area contributed by atoms with Crippen LogP contribution >= 0.6 is 0 Å². The second-order valence-corrected chi connectivity index (χ2v) is 3.14. The summed E-state index contributed by atoms with van der Waals surface area (Å²) in [6.45, 7) is 12.8. The van der Waals surface area contributed by atoms with E-state index in [4.69, 9.17) is 9.47 Å². The van der Waals surface area contributed by atoms with Crippen LogP contribution in [-0.2, 0) is 9.47 Å². The lowest BCUT2D eigenvalue weighted by atomic mass is 10.3. The van der Waals surface area contributed by atoms with E-state index in [0.717, 1.165) is 26.1 Å². The zero-order valence-electron chi connectivity index (χ0n) is 10.3. The molecular weight excluding hydrogens is 188 g/mol. The smallest absolute Gasteiger partial charge is 0.0873 e. The Kier molecular flexibility index (Phi) is 20.7. The van der Waals surface area contributed by atoms with Crippen molar-refractivity contribution in [3.05, 3.63) is 25.7 Å². The van der Waals surface area contributed by atoms with Crippen LogP contribution in [0.25, 0.3) is 0 Å². The van der Waals surface area contributed by atoms with E-state index in [9.17, 15) is 0 Å². The van der Waals surface area contributed by atoms with Crippen LogP contribution in [0.2, 0.25) is 0 Å². The van der Waals surface area contributed by atoms with E-state index in [1.165, 1.54) is 31.8 Å². The molecule has 0 aliphatic heterocycles. The molecule has 0 aromatic carbocycles. The van der Waals surface area contributed by atoms with Crippen molar-refractivity contribution < 1.29 is 9.47 Å². The van der Waals surface area contributed by atoms with Gasteiger partial charge in [-0.3, -0.25) is 0 Å². The van der Waals surface area contributed by atoms with Crippen LogP contribution in [0.3, 0.4) is 0 Å². The minimum Gasteiger partial charge on any atom is -0.502 e. The monoisotopic (exact) mass is 214 g/mol. The molecule has 0 spiro atoms. The molecule has 0 atom stereocenters. The van der Waals surface area contributed by atoms with Gasteiger partial charge in [-0.05, 0) is 12.8 Å². The molecule has 0 saturated carbocycles. The lowest BCUT2D eigenvalue weighted by molar-refractivity contribution is 0.243. The van der Waals surface area contributed by atoms with E-state index in [1.54, 1.807) is 0 Å². The molecule has 0 radical (unpaired) electrons. The molecule has 0 heterocycles. The minimum atomic E-state index is 0.819. The molecule has 0 fully saturated rings. The standard InChI is InChI=1S/C7H14O.C6H12O/c1-3-5-6-7-8-4-2;1-3-5-6-7-4-2/h4H,2-3,5-7H2,1H3;4H,2-3,5-6H2,1H3. The number of unbranched alkanes of at least 4 members (excludes halogenated alkanes) is 3. The van der Waals surface area contributed by atoms with Crippen molar-refractivity contribution in [3.8, 4) is 0 Å². The molecule has 2 heteroatoms. The zero-order valence-corrected chi connectivity index (χ0v) is 10.3. The molecule has 0 saturated heterocycles. The van der Waals surface area contributed by atoms with Gasteiger partial charge in [-0.15, -0.1) is 0 Å². The fourth-order valence-electron chi connectivity index (χ4n) is 0.830. The molecule has 0 rings (SSSR count). The van der Waals surface area contributed by atoms with E-state index in [1.807, 2.05) is 0 Å². The van der Waals surface area contributed by atoms with E-state index in [2.05, 4.69) is 27.0 Å². The third kappa shape index (κ3) is 24.6. The Morgan fingerprint density at radius 1 is 0.800 bits per heavy atom. The van der Waals surface area contributed by atoms with E-state index in [-0.39, 0.29) is 0 Å². The largest absolute Gasteiger partial charge is 0.502 e. The normalized spacial score (nSPS) is 8.40. The molecule has 0 aromatic heterocycles. The molecule has 0 aliphatic carbocycles. The maximum atomic E-state index is 4.90. The SMILES string of the molecule is C=COCCCC.C=COCCCCC. The summed E-state index contributed by atoms with van der Waals surface area (Å²) in [5, 5.41) is 0. The van der Waals surface area contributed by atoms with Gasteiger partial charge in [0.1, 0.15) is 0 Å². The summed E-state index contributed by atoms with van der Waals surface area (Å²) in [6, 6.07) is 0. The molecule has 0 N–H and O–H groups in total. The van der Waals surface area contributed by atoms with Gasteiger partial charge in [0.15, 0.2) is 0 Å². The van der Waals surface area contributed by atoms with Gasteiger partial charge >= 0.3 is 0 Å². The van der Waals surface area contributed by atoms with Crippen LogP contribution in [0, 0.1) is 0 Å². The highest BCUT2D eigenvalue weighted by Crippen LogP contribution is 1.93. The predicted octanol–water partition coefficient (Wildman–Crippen LogP) is 4.28. The highest BCUT2D eigenvalue weighted by molar-refractivity contribution is 4.48. The van der Waals surface area contributed by atoms with Gasteiger partial charge in [0.2, 0.25) is 0 Å². The number of hydrogen-bond acceptors (Lipinski definition) is 2. The Labute approximate surface area is 95.0 Å². The maximum absolute atomic E-state index is 4.90. The first-order valence-electron chi connectivity index (χ1n) is 5.78. The van der Waals surface area contributed by atoms with Gasteiger partial charge < -0.3 is 9.47 Å². The summed E-state index contributed by atoms with van der Waals surface area (Å²) in [4.78, 5) is 0. The quantitative estimate of drug-likeness (QED) is 0.421. The van der Waals surface area contributed by atoms with Crippen LogP contribution < -0.4 is 0 Å². The first-order valence-corrected chi connectivity index (χ1v) is 5.78. The van der Waals surface area contributed by atoms with Gasteiger partial charge in [0, 0.05) is 0 Å². The molecule has 0 aliphatic rings. The third-order valence-corrected chi connectivity index (χ3v) is 1.72. The predicted molar refractivity (Wildman–Crippen MR) is 66.7 cm³/mol. The van der Waals surface area contributed by atoms with Gasteiger partial charge in [0.05, 0.1) is 25.7 Å². The van der Waals surface area contributed by atoms with Crippen molar-refractivity contribution in [3.63, 3.8) is 0 Å². The summed E-state index contributed by atoms with van der Waals surface area (Å²) in [5.74, 6) is 0. The van der Waals surface area contributed by atoms with Crippen molar-refractivity contribution in [2.75, 3.05) is 13.2 Å². The number of rotatable bonds is 9. The van der Waals surface area contributed by atoms with E-state index in [0.29, 0.717) is 0 Å². The van der Waals surface area contributed by atoms with Crippen molar-refractivity contribution in [2.24, 2.45) is 0 Å². The Hall–Kier alpha value is -0.920. The van der Waals surface area contributed by atoms with Crippen molar-refractivity contribution in [1.82, 2.24) is 0 Å². The Balaban J connectivity index is 0. The second kappa shape index (κ2) is 18.8. The zero-order chi connectivity index (χ0) is 11.8. The Bertz CT molecular complexity index is 122. The maximum Gasteiger partial charge on any atom is 0.0873 e. The van der Waals surface area contributed by atoms with Gasteiger partial charge in [-0.2, -0.15) is 0 Å². The van der Waals surface area contributed by atoms with Crippen LogP contribution in [0.1, 0.15) is 46.0 Å². The lowest BCUT2D eigenvalue weighted by Gasteiger charge is -1.96. The van der Waals surface area contributed by atoms with Crippen molar-refractivity contribution >= 4 is 0 Å². The first kappa shape index (κ1) is 16.5. The molecule has 0 bridgehead atoms. The van der Waals surface area contributed by atoms with Crippen molar-refractivity contribution in [1.29, 1.82) is 0 Å². The second-order valence-electron chi connectivity index (χ2n) is 3.14. The topological polar surface area (TPSA) is 18.5 Å². The number of ether oxygens (including phenoxy) is 2. The summed E-state index contributed by atoms with van der Waals surface area (Å²) in [6.07, 6.45) is 8.96. The molecule has 90 valence electrons. The van der Waals surface area contributed by atoms with Crippen LogP contribution in [-0.4, -0.2) is 13.2 Å². The minimum absolute atomic E-state index is 0.819. The van der Waals surface area contributed by atoms with Crippen LogP contribution in [0.5, 0.6) is 0 Å². The number of hydrogen-bond donors (Lipinski definition) is 0. The summed E-state index contributed by atoms with van der Waals surface area (Å²) in [5.41, 5.74) is 0. The molecular formula is C13H26O2. The van der Waals surface area contributed by atoms with Gasteiger partial charge in [-0.1, -0.05) is 46.3 Å². The average Bonchev–Trinajstić information content (AvgIpc) is 2.26. The Morgan fingerprint density at radius 3 is 1.67 bits per heavy atom. The van der Waals surface area contributed by atoms with E-state index >= 15 is 0 Å².